The summed E-state index contributed by atoms with van der Waals surface area (Å²) < 4.78 is 1.86. The summed E-state index contributed by atoms with van der Waals surface area (Å²) >= 11 is 0. The minimum absolute atomic E-state index is 0.357. The number of likely N-dealkylation sites (N-methyl/N-ethyl adjacent to an activating group) is 1. The van der Waals surface area contributed by atoms with Crippen molar-refractivity contribution in [1.82, 2.24) is 15.1 Å². The molecule has 0 amide bonds. The van der Waals surface area contributed by atoms with Crippen LogP contribution in [0.3, 0.4) is 0 Å². The number of aryl methyl sites for hydroxylation is 3. The Morgan fingerprint density at radius 3 is 2.47 bits per heavy atom. The predicted molar refractivity (Wildman–Crippen MR) is 79.2 cm³/mol. The number of benzene rings is 1. The summed E-state index contributed by atoms with van der Waals surface area (Å²) in [5.41, 5.74) is 5.41. The molecule has 3 nitrogen and oxygen atoms in total. The molecule has 0 fully saturated rings. The molecule has 19 heavy (non-hydrogen) atoms. The van der Waals surface area contributed by atoms with Gasteiger partial charge >= 0.3 is 0 Å². The molecule has 2 rings (SSSR count). The molecule has 1 N–H and O–H groups in total. The number of rotatable bonds is 5. The molecule has 0 radical (unpaired) electrons. The van der Waals surface area contributed by atoms with E-state index in [4.69, 9.17) is 0 Å². The summed E-state index contributed by atoms with van der Waals surface area (Å²) in [4.78, 5) is 0. The lowest BCUT2D eigenvalue weighted by molar-refractivity contribution is 0.544. The zero-order valence-corrected chi connectivity index (χ0v) is 12.3. The van der Waals surface area contributed by atoms with Gasteiger partial charge in [0.2, 0.25) is 0 Å². The highest BCUT2D eigenvalue weighted by Crippen LogP contribution is 2.25. The van der Waals surface area contributed by atoms with Gasteiger partial charge in [0.05, 0.1) is 6.20 Å². The third kappa shape index (κ3) is 3.24. The number of nitrogens with one attached hydrogen (secondary N) is 1. The molecule has 0 aliphatic carbocycles. The zero-order valence-electron chi connectivity index (χ0n) is 12.3. The first-order valence-electron chi connectivity index (χ1n) is 6.88. The molecule has 102 valence electrons. The Kier molecular flexibility index (Phi) is 4.38. The lowest BCUT2D eigenvalue weighted by Crippen LogP contribution is -2.24. The van der Waals surface area contributed by atoms with Crippen molar-refractivity contribution in [3.8, 4) is 0 Å². The van der Waals surface area contributed by atoms with Crippen molar-refractivity contribution in [3.63, 3.8) is 0 Å². The second-order valence-electron chi connectivity index (χ2n) is 5.14. The highest BCUT2D eigenvalue weighted by Gasteiger charge is 2.16. The first-order chi connectivity index (χ1) is 9.11. The first-order valence-corrected chi connectivity index (χ1v) is 6.88. The van der Waals surface area contributed by atoms with E-state index >= 15 is 0 Å². The maximum absolute atomic E-state index is 4.26. The van der Waals surface area contributed by atoms with Crippen molar-refractivity contribution in [2.75, 3.05) is 6.54 Å². The fraction of sp³-hybridized carbons (Fsp3) is 0.438. The summed E-state index contributed by atoms with van der Waals surface area (Å²) in [5.74, 6) is 0. The molecule has 1 heterocycles. The third-order valence-electron chi connectivity index (χ3n) is 3.54. The van der Waals surface area contributed by atoms with Gasteiger partial charge in [-0.3, -0.25) is 4.68 Å². The number of hydrogen-bond acceptors (Lipinski definition) is 2. The Morgan fingerprint density at radius 2 is 1.95 bits per heavy atom. The molecule has 0 spiro atoms. The van der Waals surface area contributed by atoms with Gasteiger partial charge in [0, 0.05) is 19.3 Å². The number of nitrogens with zero attached hydrogens (tertiary/aromatic N) is 2. The first kappa shape index (κ1) is 13.8. The van der Waals surface area contributed by atoms with Crippen LogP contribution in [0.25, 0.3) is 0 Å². The fourth-order valence-electron chi connectivity index (χ4n) is 2.71. The van der Waals surface area contributed by atoms with Crippen molar-refractivity contribution >= 4 is 0 Å². The average molecular weight is 257 g/mol. The molecule has 1 atom stereocenters. The molecule has 1 aromatic heterocycles. The molecular formula is C16H23N3. The summed E-state index contributed by atoms with van der Waals surface area (Å²) in [5, 5.41) is 7.86. The maximum Gasteiger partial charge on any atom is 0.0522 e. The Balaban J connectivity index is 2.29. The number of hydrogen-bond donors (Lipinski definition) is 1. The highest BCUT2D eigenvalue weighted by atomic mass is 15.2. The van der Waals surface area contributed by atoms with E-state index in [1.807, 2.05) is 17.9 Å². The van der Waals surface area contributed by atoms with Crippen molar-refractivity contribution in [2.24, 2.45) is 7.05 Å². The molecule has 0 aliphatic heterocycles. The van der Waals surface area contributed by atoms with Crippen LogP contribution in [0, 0.1) is 13.8 Å². The maximum atomic E-state index is 4.26. The quantitative estimate of drug-likeness (QED) is 0.892. The summed E-state index contributed by atoms with van der Waals surface area (Å²) in [7, 11) is 1.96. The second kappa shape index (κ2) is 6.02. The Hall–Kier alpha value is -1.61. The Labute approximate surface area is 115 Å². The van der Waals surface area contributed by atoms with Gasteiger partial charge in [0.1, 0.15) is 0 Å². The van der Waals surface area contributed by atoms with E-state index in [2.05, 4.69) is 55.6 Å². The lowest BCUT2D eigenvalue weighted by Gasteiger charge is -2.22. The summed E-state index contributed by atoms with van der Waals surface area (Å²) in [6.07, 6.45) is 5.03. The van der Waals surface area contributed by atoms with Gasteiger partial charge in [0.15, 0.2) is 0 Å². The van der Waals surface area contributed by atoms with Crippen LogP contribution in [0.4, 0.5) is 0 Å². The van der Waals surface area contributed by atoms with Crippen molar-refractivity contribution < 1.29 is 0 Å². The molecule has 0 aliphatic rings. The van der Waals surface area contributed by atoms with E-state index in [9.17, 15) is 0 Å². The van der Waals surface area contributed by atoms with E-state index in [0.717, 1.165) is 13.0 Å². The Morgan fingerprint density at radius 1 is 1.26 bits per heavy atom. The predicted octanol–water partition coefficient (Wildman–Crippen LogP) is 2.93. The summed E-state index contributed by atoms with van der Waals surface area (Å²) in [6, 6.07) is 6.86. The van der Waals surface area contributed by atoms with Gasteiger partial charge in [-0.1, -0.05) is 25.1 Å². The largest absolute Gasteiger partial charge is 0.310 e. The molecule has 0 saturated carbocycles. The van der Waals surface area contributed by atoms with Crippen LogP contribution in [-0.2, 0) is 13.5 Å². The normalized spacial score (nSPS) is 12.6. The van der Waals surface area contributed by atoms with Crippen LogP contribution < -0.4 is 5.32 Å². The van der Waals surface area contributed by atoms with E-state index in [-0.39, 0.29) is 0 Å². The molecule has 0 bridgehead atoms. The van der Waals surface area contributed by atoms with Gasteiger partial charge in [-0.15, -0.1) is 0 Å². The van der Waals surface area contributed by atoms with Crippen LogP contribution >= 0.6 is 0 Å². The summed E-state index contributed by atoms with van der Waals surface area (Å²) in [6.45, 7) is 7.51. The van der Waals surface area contributed by atoms with Gasteiger partial charge in [0.25, 0.3) is 0 Å². The monoisotopic (exact) mass is 257 g/mol. The number of aromatic nitrogens is 2. The SMILES string of the molecule is CCNC(Cc1cnn(C)c1)c1c(C)cccc1C. The van der Waals surface area contributed by atoms with Crippen LogP contribution in [0.2, 0.25) is 0 Å². The van der Waals surface area contributed by atoms with Crippen molar-refractivity contribution in [2.45, 2.75) is 33.2 Å². The van der Waals surface area contributed by atoms with E-state index in [1.165, 1.54) is 22.3 Å². The van der Waals surface area contributed by atoms with Gasteiger partial charge in [-0.2, -0.15) is 5.10 Å². The minimum atomic E-state index is 0.357. The molecule has 2 aromatic rings. The Bertz CT molecular complexity index is 522. The van der Waals surface area contributed by atoms with Crippen LogP contribution in [0.1, 0.15) is 35.2 Å². The van der Waals surface area contributed by atoms with Gasteiger partial charge in [-0.05, 0) is 49.1 Å². The fourth-order valence-corrected chi connectivity index (χ4v) is 2.71. The average Bonchev–Trinajstić information content (AvgIpc) is 2.75. The molecule has 1 aromatic carbocycles. The molecule has 0 saturated heterocycles. The minimum Gasteiger partial charge on any atom is -0.310 e. The van der Waals surface area contributed by atoms with Gasteiger partial charge < -0.3 is 5.32 Å². The van der Waals surface area contributed by atoms with E-state index in [1.54, 1.807) is 0 Å². The third-order valence-corrected chi connectivity index (χ3v) is 3.54. The van der Waals surface area contributed by atoms with Crippen LogP contribution in [-0.4, -0.2) is 16.3 Å². The van der Waals surface area contributed by atoms with Crippen molar-refractivity contribution in [3.05, 3.63) is 52.8 Å². The zero-order chi connectivity index (χ0) is 13.8. The smallest absolute Gasteiger partial charge is 0.0522 e. The standard InChI is InChI=1S/C16H23N3/c1-5-17-15(9-14-10-18-19(4)11-14)16-12(2)7-6-8-13(16)3/h6-8,10-11,15,17H,5,9H2,1-4H3. The molecule has 3 heteroatoms. The highest BCUT2D eigenvalue weighted by molar-refractivity contribution is 5.37. The molecule has 1 unspecified atom stereocenters. The van der Waals surface area contributed by atoms with Gasteiger partial charge in [-0.25, -0.2) is 0 Å². The van der Waals surface area contributed by atoms with E-state index in [0.29, 0.717) is 6.04 Å². The van der Waals surface area contributed by atoms with Crippen LogP contribution in [0.5, 0.6) is 0 Å². The molecular weight excluding hydrogens is 234 g/mol. The van der Waals surface area contributed by atoms with Crippen molar-refractivity contribution in [1.29, 1.82) is 0 Å². The van der Waals surface area contributed by atoms with Crippen LogP contribution in [0.15, 0.2) is 30.6 Å². The lowest BCUT2D eigenvalue weighted by atomic mass is 9.92. The second-order valence-corrected chi connectivity index (χ2v) is 5.14. The van der Waals surface area contributed by atoms with E-state index < -0.39 is 0 Å². The topological polar surface area (TPSA) is 29.9 Å².